The Bertz CT molecular complexity index is 415. The lowest BCUT2D eigenvalue weighted by Crippen LogP contribution is -2.02. The van der Waals surface area contributed by atoms with E-state index in [2.05, 4.69) is 37.6 Å². The van der Waals surface area contributed by atoms with Crippen LogP contribution in [0.2, 0.25) is 0 Å². The van der Waals surface area contributed by atoms with E-state index in [0.717, 1.165) is 30.5 Å². The largest absolute Gasteiger partial charge is 0.307 e. The van der Waals surface area contributed by atoms with Crippen LogP contribution in [0.4, 0.5) is 0 Å². The zero-order valence-electron chi connectivity index (χ0n) is 11.3. The smallest absolute Gasteiger partial charge is 0.0724 e. The highest BCUT2D eigenvalue weighted by Crippen LogP contribution is 2.18. The summed E-state index contributed by atoms with van der Waals surface area (Å²) in [7, 11) is 0. The molecular weight excluding hydrogens is 220 g/mol. The van der Waals surface area contributed by atoms with Gasteiger partial charge in [-0.05, 0) is 30.9 Å². The molecule has 2 heteroatoms. The first kappa shape index (κ1) is 14.4. The van der Waals surface area contributed by atoms with Crippen LogP contribution in [0.5, 0.6) is 0 Å². The van der Waals surface area contributed by atoms with Gasteiger partial charge in [0.2, 0.25) is 0 Å². The summed E-state index contributed by atoms with van der Waals surface area (Å²) in [5.74, 6) is 0. The third-order valence-corrected chi connectivity index (χ3v) is 2.97. The average Bonchev–Trinajstić information content (AvgIpc) is 2.43. The summed E-state index contributed by atoms with van der Waals surface area (Å²) in [5.41, 5.74) is 3.18. The number of rotatable bonds is 7. The van der Waals surface area contributed by atoms with Crippen molar-refractivity contribution in [3.8, 4) is 0 Å². The summed E-state index contributed by atoms with van der Waals surface area (Å²) in [6.07, 6.45) is 6.34. The highest BCUT2D eigenvalue weighted by atomic mass is 14.8. The van der Waals surface area contributed by atoms with E-state index in [0.29, 0.717) is 0 Å². The fourth-order valence-corrected chi connectivity index (χ4v) is 1.77. The van der Waals surface area contributed by atoms with Gasteiger partial charge in [0.05, 0.1) is 11.8 Å². The molecule has 0 aliphatic heterocycles. The molecule has 2 nitrogen and oxygen atoms in total. The Hall–Kier alpha value is -1.70. The number of benzene rings is 1. The van der Waals surface area contributed by atoms with Crippen molar-refractivity contribution in [1.29, 1.82) is 5.41 Å². The normalized spacial score (nSPS) is 13.1. The summed E-state index contributed by atoms with van der Waals surface area (Å²) >= 11 is 0. The van der Waals surface area contributed by atoms with Crippen LogP contribution in [-0.4, -0.2) is 11.9 Å². The molecule has 1 N–H and O–H groups in total. The zero-order valence-corrected chi connectivity index (χ0v) is 11.3. The first-order valence-electron chi connectivity index (χ1n) is 6.50. The van der Waals surface area contributed by atoms with Gasteiger partial charge in [0.15, 0.2) is 0 Å². The number of unbranched alkanes of at least 4 members (excludes halogenated alkanes) is 1. The number of hydrogen-bond donors (Lipinski definition) is 1. The van der Waals surface area contributed by atoms with Crippen molar-refractivity contribution in [1.82, 2.24) is 0 Å². The van der Waals surface area contributed by atoms with Crippen molar-refractivity contribution in [2.75, 3.05) is 0 Å². The van der Waals surface area contributed by atoms with Crippen LogP contribution in [0.3, 0.4) is 0 Å². The van der Waals surface area contributed by atoms with Crippen molar-refractivity contribution in [3.05, 3.63) is 42.0 Å². The van der Waals surface area contributed by atoms with Gasteiger partial charge in [-0.15, -0.1) is 0 Å². The standard InChI is InChI=1S/C16H22N2/c1-4-6-7-16(12-17)18-13(3)15-10-8-14(5-2)9-11-15/h5,8-13,17H,2,4,6-7H2,1,3H3. The Kier molecular flexibility index (Phi) is 6.06. The zero-order chi connectivity index (χ0) is 13.4. The van der Waals surface area contributed by atoms with Crippen LogP contribution >= 0.6 is 0 Å². The van der Waals surface area contributed by atoms with Crippen molar-refractivity contribution < 1.29 is 0 Å². The van der Waals surface area contributed by atoms with Gasteiger partial charge < -0.3 is 5.41 Å². The topological polar surface area (TPSA) is 36.2 Å². The van der Waals surface area contributed by atoms with E-state index in [1.807, 2.05) is 18.2 Å². The van der Waals surface area contributed by atoms with Crippen LogP contribution in [0, 0.1) is 5.41 Å². The second-order valence-electron chi connectivity index (χ2n) is 4.42. The molecular formula is C16H22N2. The Morgan fingerprint density at radius 2 is 2.06 bits per heavy atom. The molecule has 0 aliphatic rings. The molecule has 0 aliphatic carbocycles. The minimum Gasteiger partial charge on any atom is -0.307 e. The Labute approximate surface area is 110 Å². The minimum atomic E-state index is 0.109. The molecule has 0 saturated carbocycles. The van der Waals surface area contributed by atoms with Gasteiger partial charge in [-0.3, -0.25) is 4.99 Å². The summed E-state index contributed by atoms with van der Waals surface area (Å²) < 4.78 is 0. The van der Waals surface area contributed by atoms with Gasteiger partial charge in [0.25, 0.3) is 0 Å². The fraction of sp³-hybridized carbons (Fsp3) is 0.375. The molecule has 1 rings (SSSR count). The summed E-state index contributed by atoms with van der Waals surface area (Å²) in [5, 5.41) is 7.39. The molecule has 1 unspecified atom stereocenters. The molecule has 96 valence electrons. The molecule has 0 aromatic heterocycles. The molecule has 0 fully saturated rings. The van der Waals surface area contributed by atoms with Gasteiger partial charge >= 0.3 is 0 Å². The highest BCUT2D eigenvalue weighted by Gasteiger charge is 2.04. The number of hydrogen-bond acceptors (Lipinski definition) is 2. The van der Waals surface area contributed by atoms with E-state index in [1.54, 1.807) is 0 Å². The summed E-state index contributed by atoms with van der Waals surface area (Å²) in [6, 6.07) is 8.35. The van der Waals surface area contributed by atoms with Crippen LogP contribution in [0.15, 0.2) is 35.8 Å². The first-order valence-corrected chi connectivity index (χ1v) is 6.50. The molecule has 1 aromatic carbocycles. The first-order chi connectivity index (χ1) is 8.71. The van der Waals surface area contributed by atoms with Crippen LogP contribution in [0.25, 0.3) is 6.08 Å². The predicted octanol–water partition coefficient (Wildman–Crippen LogP) is 4.67. The quantitative estimate of drug-likeness (QED) is 0.674. The number of nitrogens with one attached hydrogen (secondary N) is 1. The molecule has 0 spiro atoms. The van der Waals surface area contributed by atoms with Gasteiger partial charge in [0, 0.05) is 6.21 Å². The van der Waals surface area contributed by atoms with Gasteiger partial charge in [-0.1, -0.05) is 50.3 Å². The molecule has 0 amide bonds. The second-order valence-corrected chi connectivity index (χ2v) is 4.42. The SMILES string of the molecule is C=Cc1ccc(C(C)N=C(C=N)CCCC)cc1. The van der Waals surface area contributed by atoms with E-state index in [4.69, 9.17) is 5.41 Å². The minimum absolute atomic E-state index is 0.109. The Morgan fingerprint density at radius 1 is 1.39 bits per heavy atom. The van der Waals surface area contributed by atoms with E-state index in [1.165, 1.54) is 11.8 Å². The fourth-order valence-electron chi connectivity index (χ4n) is 1.77. The molecule has 1 atom stereocenters. The molecule has 0 heterocycles. The molecule has 0 radical (unpaired) electrons. The summed E-state index contributed by atoms with van der Waals surface area (Å²) in [4.78, 5) is 4.61. The highest BCUT2D eigenvalue weighted by molar-refractivity contribution is 6.29. The van der Waals surface area contributed by atoms with Gasteiger partial charge in [-0.2, -0.15) is 0 Å². The lowest BCUT2D eigenvalue weighted by Gasteiger charge is -2.09. The summed E-state index contributed by atoms with van der Waals surface area (Å²) in [6.45, 7) is 7.96. The van der Waals surface area contributed by atoms with Crippen LogP contribution in [0.1, 0.15) is 50.3 Å². The number of aliphatic imine (C=N–C) groups is 1. The van der Waals surface area contributed by atoms with Crippen LogP contribution in [-0.2, 0) is 0 Å². The van der Waals surface area contributed by atoms with E-state index in [-0.39, 0.29) is 6.04 Å². The van der Waals surface area contributed by atoms with Crippen LogP contribution < -0.4 is 0 Å². The molecule has 0 saturated heterocycles. The lowest BCUT2D eigenvalue weighted by atomic mass is 10.1. The third-order valence-electron chi connectivity index (χ3n) is 2.97. The average molecular weight is 242 g/mol. The van der Waals surface area contributed by atoms with Crippen molar-refractivity contribution in [2.24, 2.45) is 4.99 Å². The second kappa shape index (κ2) is 7.59. The Morgan fingerprint density at radius 3 is 2.56 bits per heavy atom. The molecule has 18 heavy (non-hydrogen) atoms. The lowest BCUT2D eigenvalue weighted by molar-refractivity contribution is 0.795. The van der Waals surface area contributed by atoms with E-state index < -0.39 is 0 Å². The maximum Gasteiger partial charge on any atom is 0.0724 e. The monoisotopic (exact) mass is 242 g/mol. The maximum atomic E-state index is 7.39. The van der Waals surface area contributed by atoms with Gasteiger partial charge in [0.1, 0.15) is 0 Å². The van der Waals surface area contributed by atoms with Crippen molar-refractivity contribution in [3.63, 3.8) is 0 Å². The molecule has 1 aromatic rings. The number of nitrogens with zero attached hydrogens (tertiary/aromatic N) is 1. The predicted molar refractivity (Wildman–Crippen MR) is 80.7 cm³/mol. The van der Waals surface area contributed by atoms with E-state index in [9.17, 15) is 0 Å². The third kappa shape index (κ3) is 4.28. The molecule has 0 bridgehead atoms. The van der Waals surface area contributed by atoms with Crippen molar-refractivity contribution >= 4 is 18.0 Å². The van der Waals surface area contributed by atoms with Crippen molar-refractivity contribution in [2.45, 2.75) is 39.2 Å². The Balaban J connectivity index is 2.77. The van der Waals surface area contributed by atoms with E-state index >= 15 is 0 Å². The van der Waals surface area contributed by atoms with Gasteiger partial charge in [-0.25, -0.2) is 0 Å². The maximum absolute atomic E-state index is 7.39.